The van der Waals surface area contributed by atoms with Gasteiger partial charge in [0, 0.05) is 5.69 Å². The Morgan fingerprint density at radius 3 is 2.47 bits per heavy atom. The number of benzene rings is 2. The summed E-state index contributed by atoms with van der Waals surface area (Å²) in [5.74, 6) is 2.15. The molecule has 164 valence electrons. The Morgan fingerprint density at radius 1 is 1.03 bits per heavy atom. The van der Waals surface area contributed by atoms with Crippen LogP contribution in [0.4, 0.5) is 5.69 Å². The molecule has 2 aromatic carbocycles. The maximum atomic E-state index is 13.6. The number of carbonyl (C=O) groups is 1. The largest absolute Gasteiger partial charge is 0.489 e. The van der Waals surface area contributed by atoms with Crippen LogP contribution in [-0.2, 0) is 16.9 Å². The lowest BCUT2D eigenvalue weighted by Crippen LogP contribution is -2.60. The Morgan fingerprint density at radius 2 is 1.78 bits per heavy atom. The van der Waals surface area contributed by atoms with Crippen molar-refractivity contribution >= 4 is 11.6 Å². The highest BCUT2D eigenvalue weighted by molar-refractivity contribution is 5.95. The molecule has 1 amide bonds. The van der Waals surface area contributed by atoms with Crippen LogP contribution in [0.5, 0.6) is 5.75 Å². The molecular weight excluding hydrogens is 400 g/mol. The molecule has 0 saturated heterocycles. The van der Waals surface area contributed by atoms with E-state index in [0.717, 1.165) is 49.1 Å². The molecular formula is C26H28N4O2. The van der Waals surface area contributed by atoms with E-state index in [1.54, 1.807) is 6.33 Å². The van der Waals surface area contributed by atoms with E-state index in [9.17, 15) is 4.79 Å². The topological polar surface area (TPSA) is 69.0 Å². The highest BCUT2D eigenvalue weighted by Crippen LogP contribution is 2.64. The number of nitrogens with one attached hydrogen (secondary N) is 1. The molecule has 4 fully saturated rings. The Hall–Kier alpha value is -3.15. The van der Waals surface area contributed by atoms with E-state index in [2.05, 4.69) is 15.4 Å². The van der Waals surface area contributed by atoms with Gasteiger partial charge in [0.05, 0.1) is 11.0 Å². The molecule has 6 nitrogen and oxygen atoms in total. The third kappa shape index (κ3) is 3.38. The molecule has 2 atom stereocenters. The van der Waals surface area contributed by atoms with Crippen molar-refractivity contribution in [3.63, 3.8) is 0 Å². The Labute approximate surface area is 188 Å². The van der Waals surface area contributed by atoms with Crippen molar-refractivity contribution in [2.75, 3.05) is 5.32 Å². The Bertz CT molecular complexity index is 1080. The third-order valence-corrected chi connectivity index (χ3v) is 7.78. The number of amides is 1. The molecule has 0 aliphatic heterocycles. The van der Waals surface area contributed by atoms with Crippen molar-refractivity contribution < 1.29 is 9.53 Å². The molecule has 1 aromatic heterocycles. The highest BCUT2D eigenvalue weighted by Gasteiger charge is 2.61. The van der Waals surface area contributed by atoms with Crippen LogP contribution >= 0.6 is 0 Å². The summed E-state index contributed by atoms with van der Waals surface area (Å²) >= 11 is 0. The average Bonchev–Trinajstić information content (AvgIpc) is 3.35. The van der Waals surface area contributed by atoms with Crippen molar-refractivity contribution in [1.82, 2.24) is 14.8 Å². The summed E-state index contributed by atoms with van der Waals surface area (Å²) in [5, 5.41) is 7.71. The summed E-state index contributed by atoms with van der Waals surface area (Å²) in [4.78, 5) is 17.8. The normalized spacial score (nSPS) is 30.2. The van der Waals surface area contributed by atoms with E-state index in [4.69, 9.17) is 4.74 Å². The fourth-order valence-corrected chi connectivity index (χ4v) is 6.84. The van der Waals surface area contributed by atoms with E-state index in [1.807, 2.05) is 65.6 Å². The van der Waals surface area contributed by atoms with Crippen LogP contribution in [0.1, 0.15) is 44.1 Å². The van der Waals surface area contributed by atoms with Crippen molar-refractivity contribution in [2.45, 2.75) is 50.7 Å². The number of aromatic nitrogens is 3. The molecule has 0 spiro atoms. The lowest BCUT2D eigenvalue weighted by Gasteiger charge is -2.60. The first-order valence-electron chi connectivity index (χ1n) is 11.6. The Kier molecular flexibility index (Phi) is 4.56. The predicted molar refractivity (Wildman–Crippen MR) is 121 cm³/mol. The monoisotopic (exact) mass is 428 g/mol. The fraction of sp³-hybridized carbons (Fsp3) is 0.423. The molecule has 7 rings (SSSR count). The van der Waals surface area contributed by atoms with Gasteiger partial charge in [-0.25, -0.2) is 9.67 Å². The van der Waals surface area contributed by atoms with Gasteiger partial charge in [0.1, 0.15) is 25.0 Å². The van der Waals surface area contributed by atoms with Crippen LogP contribution < -0.4 is 10.1 Å². The van der Waals surface area contributed by atoms with Crippen molar-refractivity contribution in [3.05, 3.63) is 72.8 Å². The summed E-state index contributed by atoms with van der Waals surface area (Å²) in [6, 6.07) is 17.8. The van der Waals surface area contributed by atoms with Crippen LogP contribution in [0.3, 0.4) is 0 Å². The smallest absolute Gasteiger partial charge is 0.230 e. The second-order valence-corrected chi connectivity index (χ2v) is 10.1. The first-order chi connectivity index (χ1) is 15.6. The number of hydrogen-bond acceptors (Lipinski definition) is 4. The van der Waals surface area contributed by atoms with E-state index in [1.165, 1.54) is 6.42 Å². The van der Waals surface area contributed by atoms with E-state index in [-0.39, 0.29) is 16.9 Å². The van der Waals surface area contributed by atoms with Gasteiger partial charge in [-0.1, -0.05) is 30.3 Å². The molecule has 3 aromatic rings. The van der Waals surface area contributed by atoms with Gasteiger partial charge >= 0.3 is 0 Å². The molecule has 4 aliphatic rings. The van der Waals surface area contributed by atoms with Gasteiger partial charge < -0.3 is 10.1 Å². The molecule has 4 bridgehead atoms. The summed E-state index contributed by atoms with van der Waals surface area (Å²) < 4.78 is 7.93. The van der Waals surface area contributed by atoms with Crippen molar-refractivity contribution in [2.24, 2.45) is 17.3 Å². The lowest BCUT2D eigenvalue weighted by molar-refractivity contribution is -0.150. The minimum atomic E-state index is -0.307. The highest BCUT2D eigenvalue weighted by atomic mass is 16.5. The molecule has 1 N–H and O–H groups in total. The van der Waals surface area contributed by atoms with Gasteiger partial charge in [-0.2, -0.15) is 5.10 Å². The minimum absolute atomic E-state index is 0.0486. The maximum Gasteiger partial charge on any atom is 0.230 e. The summed E-state index contributed by atoms with van der Waals surface area (Å²) in [7, 11) is 0. The Balaban J connectivity index is 1.16. The fourth-order valence-electron chi connectivity index (χ4n) is 6.84. The van der Waals surface area contributed by atoms with Gasteiger partial charge in [0.2, 0.25) is 5.91 Å². The van der Waals surface area contributed by atoms with Crippen LogP contribution in [0.15, 0.2) is 67.3 Å². The van der Waals surface area contributed by atoms with E-state index in [0.29, 0.717) is 18.4 Å². The van der Waals surface area contributed by atoms with Gasteiger partial charge in [0.25, 0.3) is 0 Å². The SMILES string of the molecule is O=C(Nc1ccc(OCc2ccccc2)cc1)C12C[C@@H]3C[C@@H](C1)CC(n1cncn1)(C3)C2. The maximum absolute atomic E-state index is 13.6. The zero-order valence-corrected chi connectivity index (χ0v) is 18.1. The zero-order valence-electron chi connectivity index (χ0n) is 18.1. The second-order valence-electron chi connectivity index (χ2n) is 10.1. The third-order valence-electron chi connectivity index (χ3n) is 7.78. The summed E-state index contributed by atoms with van der Waals surface area (Å²) in [6.07, 6.45) is 9.79. The first-order valence-corrected chi connectivity index (χ1v) is 11.6. The first kappa shape index (κ1) is 19.5. The number of carbonyl (C=O) groups excluding carboxylic acids is 1. The van der Waals surface area contributed by atoms with Crippen LogP contribution in [-0.4, -0.2) is 20.7 Å². The van der Waals surface area contributed by atoms with E-state index < -0.39 is 0 Å². The molecule has 4 aliphatic carbocycles. The molecule has 32 heavy (non-hydrogen) atoms. The van der Waals surface area contributed by atoms with Crippen LogP contribution in [0, 0.1) is 17.3 Å². The zero-order chi connectivity index (χ0) is 21.6. The molecule has 6 heteroatoms. The molecule has 4 saturated carbocycles. The number of anilines is 1. The van der Waals surface area contributed by atoms with Crippen molar-refractivity contribution in [3.8, 4) is 5.75 Å². The summed E-state index contributed by atoms with van der Waals surface area (Å²) in [6.45, 7) is 0.531. The quantitative estimate of drug-likeness (QED) is 0.613. The van der Waals surface area contributed by atoms with Crippen LogP contribution in [0.25, 0.3) is 0 Å². The van der Waals surface area contributed by atoms with E-state index >= 15 is 0 Å². The van der Waals surface area contributed by atoms with Crippen molar-refractivity contribution in [1.29, 1.82) is 0 Å². The number of ether oxygens (including phenoxy) is 1. The standard InChI is InChI=1S/C26H28N4O2/c31-24(29-22-6-8-23(9-7-22)32-15-19-4-2-1-3-5-19)25-11-20-10-21(12-25)14-26(13-20,16-25)30-18-27-17-28-30/h1-9,17-18,20-21H,10-16H2,(H,29,31)/t20-,21-,25?,26?/m0/s1. The lowest BCUT2D eigenvalue weighted by atomic mass is 9.46. The minimum Gasteiger partial charge on any atom is -0.489 e. The predicted octanol–water partition coefficient (Wildman–Crippen LogP) is 4.79. The van der Waals surface area contributed by atoms with Gasteiger partial charge in [-0.05, 0) is 80.2 Å². The van der Waals surface area contributed by atoms with Gasteiger partial charge in [0.15, 0.2) is 0 Å². The molecule has 0 unspecified atom stereocenters. The van der Waals surface area contributed by atoms with Crippen LogP contribution in [0.2, 0.25) is 0 Å². The second kappa shape index (κ2) is 7.47. The number of rotatable bonds is 6. The van der Waals surface area contributed by atoms with Gasteiger partial charge in [-0.15, -0.1) is 0 Å². The number of nitrogens with zero attached hydrogens (tertiary/aromatic N) is 3. The van der Waals surface area contributed by atoms with Gasteiger partial charge in [-0.3, -0.25) is 4.79 Å². The molecule has 1 heterocycles. The summed E-state index contributed by atoms with van der Waals surface area (Å²) in [5.41, 5.74) is 1.60. The molecule has 0 radical (unpaired) electrons. The average molecular weight is 429 g/mol. The number of hydrogen-bond donors (Lipinski definition) is 1.